The second-order valence-electron chi connectivity index (χ2n) is 4.90. The van der Waals surface area contributed by atoms with Gasteiger partial charge in [0.2, 0.25) is 0 Å². The van der Waals surface area contributed by atoms with Crippen LogP contribution in [0.1, 0.15) is 31.7 Å². The summed E-state index contributed by atoms with van der Waals surface area (Å²) in [5.41, 5.74) is 8.53. The molecule has 2 N–H and O–H groups in total. The van der Waals surface area contributed by atoms with Gasteiger partial charge in [0, 0.05) is 11.4 Å². The van der Waals surface area contributed by atoms with Crippen molar-refractivity contribution in [1.29, 1.82) is 0 Å². The van der Waals surface area contributed by atoms with Crippen LogP contribution in [-0.4, -0.2) is 5.75 Å². The van der Waals surface area contributed by atoms with E-state index in [0.29, 0.717) is 5.41 Å². The van der Waals surface area contributed by atoms with Crippen LogP contribution in [0.15, 0.2) is 24.3 Å². The molecule has 0 radical (unpaired) electrons. The standard InChI is InChI=1S/C13H19NS/c1-13(7-2-8-13)10-15-9-11-3-5-12(14)6-4-11/h3-6H,2,7-10,14H2,1H3. The van der Waals surface area contributed by atoms with Crippen molar-refractivity contribution in [2.24, 2.45) is 5.41 Å². The normalized spacial score (nSPS) is 18.5. The molecule has 0 aliphatic heterocycles. The quantitative estimate of drug-likeness (QED) is 0.785. The lowest BCUT2D eigenvalue weighted by Crippen LogP contribution is -2.28. The first-order chi connectivity index (χ1) is 7.18. The predicted octanol–water partition coefficient (Wildman–Crippen LogP) is 3.69. The van der Waals surface area contributed by atoms with Crippen LogP contribution in [-0.2, 0) is 5.75 Å². The first kappa shape index (κ1) is 10.9. The number of hydrogen-bond acceptors (Lipinski definition) is 2. The number of thioether (sulfide) groups is 1. The Morgan fingerprint density at radius 1 is 1.27 bits per heavy atom. The van der Waals surface area contributed by atoms with E-state index < -0.39 is 0 Å². The summed E-state index contributed by atoms with van der Waals surface area (Å²) in [6, 6.07) is 8.23. The second kappa shape index (κ2) is 4.48. The van der Waals surface area contributed by atoms with Crippen LogP contribution in [0.4, 0.5) is 5.69 Å². The highest BCUT2D eigenvalue weighted by atomic mass is 32.2. The molecule has 1 aliphatic rings. The molecule has 82 valence electrons. The van der Waals surface area contributed by atoms with Gasteiger partial charge in [-0.05, 0) is 41.7 Å². The third-order valence-corrected chi connectivity index (χ3v) is 4.70. The molecule has 15 heavy (non-hydrogen) atoms. The zero-order chi connectivity index (χ0) is 10.7. The summed E-state index contributed by atoms with van der Waals surface area (Å²) in [4.78, 5) is 0. The number of hydrogen-bond donors (Lipinski definition) is 1. The van der Waals surface area contributed by atoms with E-state index in [1.165, 1.54) is 30.6 Å². The van der Waals surface area contributed by atoms with E-state index in [-0.39, 0.29) is 0 Å². The second-order valence-corrected chi connectivity index (χ2v) is 5.88. The van der Waals surface area contributed by atoms with Gasteiger partial charge in [-0.2, -0.15) is 11.8 Å². The maximum atomic E-state index is 5.65. The molecule has 2 rings (SSSR count). The Labute approximate surface area is 96.4 Å². The van der Waals surface area contributed by atoms with E-state index in [4.69, 9.17) is 5.73 Å². The molecule has 0 saturated heterocycles. The topological polar surface area (TPSA) is 26.0 Å². The Morgan fingerprint density at radius 2 is 1.93 bits per heavy atom. The summed E-state index contributed by atoms with van der Waals surface area (Å²) < 4.78 is 0. The Bertz CT molecular complexity index is 314. The van der Waals surface area contributed by atoms with Crippen molar-refractivity contribution in [1.82, 2.24) is 0 Å². The number of nitrogens with two attached hydrogens (primary N) is 1. The molecule has 1 fully saturated rings. The Balaban J connectivity index is 1.76. The van der Waals surface area contributed by atoms with Crippen LogP contribution in [0.3, 0.4) is 0 Å². The molecule has 1 aromatic carbocycles. The van der Waals surface area contributed by atoms with Crippen LogP contribution in [0.5, 0.6) is 0 Å². The molecular weight excluding hydrogens is 202 g/mol. The van der Waals surface area contributed by atoms with Crippen molar-refractivity contribution in [2.45, 2.75) is 31.9 Å². The number of rotatable bonds is 4. The van der Waals surface area contributed by atoms with Crippen molar-refractivity contribution in [3.63, 3.8) is 0 Å². The van der Waals surface area contributed by atoms with Crippen molar-refractivity contribution < 1.29 is 0 Å². The molecule has 1 nitrogen and oxygen atoms in total. The zero-order valence-electron chi connectivity index (χ0n) is 9.33. The molecule has 1 aromatic rings. The summed E-state index contributed by atoms with van der Waals surface area (Å²) in [5, 5.41) is 0. The van der Waals surface area contributed by atoms with Crippen LogP contribution < -0.4 is 5.73 Å². The highest BCUT2D eigenvalue weighted by molar-refractivity contribution is 7.98. The molecule has 0 aromatic heterocycles. The SMILES string of the molecule is CC1(CSCc2ccc(N)cc2)CCC1. The lowest BCUT2D eigenvalue weighted by Gasteiger charge is -2.38. The van der Waals surface area contributed by atoms with Crippen LogP contribution in [0.2, 0.25) is 0 Å². The van der Waals surface area contributed by atoms with Crippen LogP contribution in [0, 0.1) is 5.41 Å². The van der Waals surface area contributed by atoms with Gasteiger partial charge in [0.05, 0.1) is 0 Å². The van der Waals surface area contributed by atoms with Gasteiger partial charge in [0.1, 0.15) is 0 Å². The van der Waals surface area contributed by atoms with Gasteiger partial charge in [-0.15, -0.1) is 0 Å². The minimum Gasteiger partial charge on any atom is -0.399 e. The minimum atomic E-state index is 0.637. The van der Waals surface area contributed by atoms with E-state index >= 15 is 0 Å². The maximum absolute atomic E-state index is 5.65. The van der Waals surface area contributed by atoms with Gasteiger partial charge >= 0.3 is 0 Å². The Hall–Kier alpha value is -0.630. The average Bonchev–Trinajstić information content (AvgIpc) is 2.19. The number of benzene rings is 1. The van der Waals surface area contributed by atoms with Crippen molar-refractivity contribution in [2.75, 3.05) is 11.5 Å². The number of anilines is 1. The summed E-state index contributed by atoms with van der Waals surface area (Å²) in [5.74, 6) is 2.42. The summed E-state index contributed by atoms with van der Waals surface area (Å²) in [6.07, 6.45) is 4.27. The van der Waals surface area contributed by atoms with Gasteiger partial charge in [0.15, 0.2) is 0 Å². The average molecular weight is 221 g/mol. The fraction of sp³-hybridized carbons (Fsp3) is 0.538. The first-order valence-electron chi connectivity index (χ1n) is 5.60. The lowest BCUT2D eigenvalue weighted by atomic mass is 9.72. The van der Waals surface area contributed by atoms with Gasteiger partial charge in [0.25, 0.3) is 0 Å². The molecule has 0 atom stereocenters. The van der Waals surface area contributed by atoms with E-state index in [9.17, 15) is 0 Å². The molecule has 0 heterocycles. The summed E-state index contributed by atoms with van der Waals surface area (Å²) in [6.45, 7) is 2.41. The van der Waals surface area contributed by atoms with Crippen LogP contribution >= 0.6 is 11.8 Å². The fourth-order valence-corrected chi connectivity index (χ4v) is 3.27. The Morgan fingerprint density at radius 3 is 2.47 bits per heavy atom. The Kier molecular flexibility index (Phi) is 3.25. The molecule has 0 unspecified atom stereocenters. The monoisotopic (exact) mass is 221 g/mol. The van der Waals surface area contributed by atoms with Crippen molar-refractivity contribution in [3.8, 4) is 0 Å². The third kappa shape index (κ3) is 2.91. The predicted molar refractivity (Wildman–Crippen MR) is 69.0 cm³/mol. The molecule has 0 amide bonds. The summed E-state index contributed by atoms with van der Waals surface area (Å²) >= 11 is 2.05. The molecule has 1 aliphatic carbocycles. The molecule has 0 bridgehead atoms. The van der Waals surface area contributed by atoms with Crippen molar-refractivity contribution >= 4 is 17.4 Å². The smallest absolute Gasteiger partial charge is 0.0314 e. The lowest BCUT2D eigenvalue weighted by molar-refractivity contribution is 0.197. The van der Waals surface area contributed by atoms with E-state index in [0.717, 1.165) is 11.4 Å². The number of nitrogen functional groups attached to an aromatic ring is 1. The van der Waals surface area contributed by atoms with E-state index in [1.54, 1.807) is 0 Å². The van der Waals surface area contributed by atoms with Gasteiger partial charge in [-0.25, -0.2) is 0 Å². The highest BCUT2D eigenvalue weighted by Gasteiger charge is 2.31. The molecule has 1 saturated carbocycles. The highest BCUT2D eigenvalue weighted by Crippen LogP contribution is 2.43. The van der Waals surface area contributed by atoms with Gasteiger partial charge in [-0.3, -0.25) is 0 Å². The maximum Gasteiger partial charge on any atom is 0.0314 e. The van der Waals surface area contributed by atoms with Gasteiger partial charge < -0.3 is 5.73 Å². The third-order valence-electron chi connectivity index (χ3n) is 3.26. The van der Waals surface area contributed by atoms with Crippen LogP contribution in [0.25, 0.3) is 0 Å². The fourth-order valence-electron chi connectivity index (χ4n) is 1.95. The van der Waals surface area contributed by atoms with E-state index in [2.05, 4.69) is 30.8 Å². The molecule has 2 heteroatoms. The first-order valence-corrected chi connectivity index (χ1v) is 6.76. The molecular formula is C13H19NS. The molecule has 0 spiro atoms. The minimum absolute atomic E-state index is 0.637. The van der Waals surface area contributed by atoms with E-state index in [1.807, 2.05) is 12.1 Å². The van der Waals surface area contributed by atoms with Crippen molar-refractivity contribution in [3.05, 3.63) is 29.8 Å². The van der Waals surface area contributed by atoms with Gasteiger partial charge in [-0.1, -0.05) is 25.5 Å². The zero-order valence-corrected chi connectivity index (χ0v) is 10.1. The summed E-state index contributed by atoms with van der Waals surface area (Å²) in [7, 11) is 0. The largest absolute Gasteiger partial charge is 0.399 e.